The number of hydrogen-bond donors (Lipinski definition) is 4. The number of nitrogens with one attached hydrogen (secondary N) is 1. The number of benzene rings is 2. The van der Waals surface area contributed by atoms with Crippen LogP contribution in [0.4, 0.5) is 0 Å². The average molecular weight is 697 g/mol. The largest absolute Gasteiger partial charge is 0.496 e. The third-order valence-corrected chi connectivity index (χ3v) is 7.86. The number of ether oxygens (including phenoxy) is 3. The third-order valence-electron chi connectivity index (χ3n) is 7.06. The Kier molecular flexibility index (Phi) is 12.9. The number of carbonyl (C=O) groups is 2. The Hall–Kier alpha value is -2.87. The maximum absolute atomic E-state index is 13.7. The molecule has 0 saturated heterocycles. The van der Waals surface area contributed by atoms with Gasteiger partial charge >= 0.3 is 0 Å². The van der Waals surface area contributed by atoms with Gasteiger partial charge < -0.3 is 39.7 Å². The zero-order valence-electron chi connectivity index (χ0n) is 24.5. The van der Waals surface area contributed by atoms with Gasteiger partial charge in [0.1, 0.15) is 18.0 Å². The Balaban J connectivity index is 2.01. The monoisotopic (exact) mass is 696 g/mol. The standard InChI is InChI=1S/C31H41IN2O8/c1-19(2)13-28(37)34(11-9-21-7-5-6-8-25(21)40-3)24-16-22(31(39)33-10-12-35)17-26(29(24)38)42-30-23(32)14-20(18-36)15-27(30)41-4/h5-8,14-15,17,19,24,26,29,35-36,38H,9-13,16,18H2,1-4H3,(H,33,39). The summed E-state index contributed by atoms with van der Waals surface area (Å²) in [6, 6.07) is 10.2. The molecule has 0 radical (unpaired) electrons. The van der Waals surface area contributed by atoms with Crippen LogP contribution >= 0.6 is 22.6 Å². The second kappa shape index (κ2) is 16.1. The minimum atomic E-state index is -1.17. The highest BCUT2D eigenvalue weighted by Gasteiger charge is 2.41. The van der Waals surface area contributed by atoms with Gasteiger partial charge in [0.25, 0.3) is 0 Å². The molecule has 2 aromatic rings. The third kappa shape index (κ3) is 8.59. The van der Waals surface area contributed by atoms with E-state index in [0.29, 0.717) is 38.4 Å². The van der Waals surface area contributed by atoms with Crippen LogP contribution in [0.3, 0.4) is 0 Å². The van der Waals surface area contributed by atoms with Gasteiger partial charge in [-0.05, 0) is 70.3 Å². The molecule has 0 aliphatic heterocycles. The molecule has 1 aliphatic carbocycles. The van der Waals surface area contributed by atoms with Crippen molar-refractivity contribution in [1.82, 2.24) is 10.2 Å². The molecule has 3 atom stereocenters. The van der Waals surface area contributed by atoms with Gasteiger partial charge in [-0.1, -0.05) is 32.0 Å². The van der Waals surface area contributed by atoms with Crippen molar-refractivity contribution < 1.29 is 39.1 Å². The molecule has 11 heteroatoms. The van der Waals surface area contributed by atoms with Crippen LogP contribution in [0.15, 0.2) is 48.0 Å². The van der Waals surface area contributed by atoms with Crippen molar-refractivity contribution in [3.05, 3.63) is 62.7 Å². The van der Waals surface area contributed by atoms with Crippen molar-refractivity contribution in [3.63, 3.8) is 0 Å². The van der Waals surface area contributed by atoms with E-state index in [9.17, 15) is 24.9 Å². The smallest absolute Gasteiger partial charge is 0.247 e. The summed E-state index contributed by atoms with van der Waals surface area (Å²) in [7, 11) is 3.07. The lowest BCUT2D eigenvalue weighted by molar-refractivity contribution is -0.139. The van der Waals surface area contributed by atoms with Crippen LogP contribution in [0, 0.1) is 9.49 Å². The fourth-order valence-corrected chi connectivity index (χ4v) is 5.78. The molecule has 0 spiro atoms. The lowest BCUT2D eigenvalue weighted by Gasteiger charge is -2.41. The highest BCUT2D eigenvalue weighted by Crippen LogP contribution is 2.37. The van der Waals surface area contributed by atoms with Gasteiger partial charge in [-0.15, -0.1) is 0 Å². The first kappa shape index (κ1) is 33.6. The first-order valence-electron chi connectivity index (χ1n) is 14.0. The van der Waals surface area contributed by atoms with E-state index in [1.807, 2.05) is 38.1 Å². The number of nitrogens with zero attached hydrogens (tertiary/aromatic N) is 1. The SMILES string of the molecule is COc1ccccc1CCN(C(=O)CC(C)C)C1CC(C(=O)NCCO)=CC(Oc2c(I)cc(CO)cc2OC)C1O. The van der Waals surface area contributed by atoms with E-state index in [2.05, 4.69) is 27.9 Å². The second-order valence-electron chi connectivity index (χ2n) is 10.5. The Labute approximate surface area is 260 Å². The summed E-state index contributed by atoms with van der Waals surface area (Å²) in [5.41, 5.74) is 1.89. The molecular weight excluding hydrogens is 655 g/mol. The lowest BCUT2D eigenvalue weighted by atomic mass is 9.87. The van der Waals surface area contributed by atoms with E-state index in [1.54, 1.807) is 30.2 Å². The molecule has 0 fully saturated rings. The van der Waals surface area contributed by atoms with Gasteiger partial charge in [0.05, 0.1) is 37.0 Å². The highest BCUT2D eigenvalue weighted by molar-refractivity contribution is 14.1. The van der Waals surface area contributed by atoms with Gasteiger partial charge in [-0.25, -0.2) is 0 Å². The van der Waals surface area contributed by atoms with Crippen LogP contribution in [-0.4, -0.2) is 84.2 Å². The number of carbonyl (C=O) groups excluding carboxylic acids is 2. The number of amides is 2. The summed E-state index contributed by atoms with van der Waals surface area (Å²) in [6.45, 7) is 3.85. The Bertz CT molecular complexity index is 1250. The summed E-state index contributed by atoms with van der Waals surface area (Å²) in [5, 5.41) is 33.3. The first-order chi connectivity index (χ1) is 20.1. The maximum atomic E-state index is 13.7. The molecule has 0 aromatic heterocycles. The number of aliphatic hydroxyl groups is 3. The van der Waals surface area contributed by atoms with Crippen molar-refractivity contribution in [2.75, 3.05) is 33.9 Å². The summed E-state index contributed by atoms with van der Waals surface area (Å²) in [4.78, 5) is 28.4. The van der Waals surface area contributed by atoms with E-state index in [1.165, 1.54) is 7.11 Å². The van der Waals surface area contributed by atoms with Gasteiger partial charge in [0.15, 0.2) is 11.5 Å². The van der Waals surface area contributed by atoms with Crippen LogP contribution < -0.4 is 19.5 Å². The van der Waals surface area contributed by atoms with Gasteiger partial charge in [-0.2, -0.15) is 0 Å². The Morgan fingerprint density at radius 1 is 1.12 bits per heavy atom. The van der Waals surface area contributed by atoms with E-state index in [0.717, 1.165) is 5.56 Å². The molecule has 42 heavy (non-hydrogen) atoms. The van der Waals surface area contributed by atoms with Crippen molar-refractivity contribution in [1.29, 1.82) is 0 Å². The molecule has 2 aromatic carbocycles. The molecule has 2 amide bonds. The summed E-state index contributed by atoms with van der Waals surface area (Å²) in [5.74, 6) is 0.949. The zero-order chi connectivity index (χ0) is 30.8. The number of methoxy groups -OCH3 is 2. The minimum absolute atomic E-state index is 0.0626. The van der Waals surface area contributed by atoms with Crippen LogP contribution in [-0.2, 0) is 22.6 Å². The van der Waals surface area contributed by atoms with E-state index in [4.69, 9.17) is 14.2 Å². The summed E-state index contributed by atoms with van der Waals surface area (Å²) < 4.78 is 18.0. The summed E-state index contributed by atoms with van der Waals surface area (Å²) >= 11 is 2.07. The second-order valence-corrected chi connectivity index (χ2v) is 11.7. The molecule has 3 rings (SSSR count). The molecular formula is C31H41IN2O8. The van der Waals surface area contributed by atoms with Crippen molar-refractivity contribution in [2.45, 2.75) is 58.0 Å². The van der Waals surface area contributed by atoms with Gasteiger partial charge in [-0.3, -0.25) is 9.59 Å². The number of hydrogen-bond acceptors (Lipinski definition) is 8. The molecule has 0 saturated carbocycles. The van der Waals surface area contributed by atoms with Crippen molar-refractivity contribution in [2.24, 2.45) is 5.92 Å². The quantitative estimate of drug-likeness (QED) is 0.222. The molecule has 0 heterocycles. The highest BCUT2D eigenvalue weighted by atomic mass is 127. The van der Waals surface area contributed by atoms with E-state index >= 15 is 0 Å². The van der Waals surface area contributed by atoms with Crippen LogP contribution in [0.1, 0.15) is 37.8 Å². The van der Waals surface area contributed by atoms with Crippen molar-refractivity contribution in [3.8, 4) is 17.2 Å². The van der Waals surface area contributed by atoms with Crippen LogP contribution in [0.25, 0.3) is 0 Å². The maximum Gasteiger partial charge on any atom is 0.247 e. The molecule has 3 unspecified atom stereocenters. The Morgan fingerprint density at radius 3 is 2.48 bits per heavy atom. The molecule has 0 bridgehead atoms. The van der Waals surface area contributed by atoms with E-state index in [-0.39, 0.29) is 51.0 Å². The van der Waals surface area contributed by atoms with Gasteiger partial charge in [0.2, 0.25) is 11.8 Å². The predicted molar refractivity (Wildman–Crippen MR) is 167 cm³/mol. The Morgan fingerprint density at radius 2 is 1.83 bits per heavy atom. The van der Waals surface area contributed by atoms with Crippen molar-refractivity contribution >= 4 is 34.4 Å². The topological polar surface area (TPSA) is 138 Å². The van der Waals surface area contributed by atoms with Crippen LogP contribution in [0.5, 0.6) is 17.2 Å². The number of aliphatic hydroxyl groups excluding tert-OH is 3. The zero-order valence-corrected chi connectivity index (χ0v) is 26.7. The fraction of sp³-hybridized carbons (Fsp3) is 0.484. The van der Waals surface area contributed by atoms with E-state index < -0.39 is 24.2 Å². The lowest BCUT2D eigenvalue weighted by Crippen LogP contribution is -2.55. The average Bonchev–Trinajstić information content (AvgIpc) is 2.97. The minimum Gasteiger partial charge on any atom is -0.496 e. The van der Waals surface area contributed by atoms with Gasteiger partial charge in [0, 0.05) is 31.5 Å². The fourth-order valence-electron chi connectivity index (χ4n) is 4.99. The van der Waals surface area contributed by atoms with Crippen LogP contribution in [0.2, 0.25) is 0 Å². The molecule has 1 aliphatic rings. The molecule has 10 nitrogen and oxygen atoms in total. The normalized spacial score (nSPS) is 18.3. The molecule has 230 valence electrons. The number of rotatable bonds is 14. The first-order valence-corrected chi connectivity index (χ1v) is 15.0. The molecule has 4 N–H and O–H groups in total. The predicted octanol–water partition coefficient (Wildman–Crippen LogP) is 2.83. The number of halogens is 1. The number of para-hydroxylation sites is 1. The summed E-state index contributed by atoms with van der Waals surface area (Å²) in [6.07, 6.45) is 0.241.